The maximum absolute atomic E-state index is 13.5. The van der Waals surface area contributed by atoms with E-state index < -0.39 is 5.54 Å². The molecule has 1 amide bonds. The largest absolute Gasteiger partial charge is 0.370 e. The van der Waals surface area contributed by atoms with Crippen LogP contribution in [0.4, 0.5) is 10.1 Å². The maximum atomic E-state index is 13.5. The second kappa shape index (κ2) is 4.74. The molecule has 2 fully saturated rings. The van der Waals surface area contributed by atoms with Crippen molar-refractivity contribution >= 4 is 11.6 Å². The van der Waals surface area contributed by atoms with E-state index in [0.717, 1.165) is 31.5 Å². The third-order valence-corrected chi connectivity index (χ3v) is 4.58. The zero-order valence-corrected chi connectivity index (χ0v) is 11.7. The summed E-state index contributed by atoms with van der Waals surface area (Å²) in [5.41, 5.74) is 6.39. The fraction of sp³-hybridized carbons (Fsp3) is 0.533. The van der Waals surface area contributed by atoms with Gasteiger partial charge in [0.15, 0.2) is 0 Å². The molecule has 0 bridgehead atoms. The minimum Gasteiger partial charge on any atom is -0.370 e. The molecule has 2 heterocycles. The Morgan fingerprint density at radius 1 is 1.45 bits per heavy atom. The first-order valence-electron chi connectivity index (χ1n) is 7.10. The van der Waals surface area contributed by atoms with Crippen molar-refractivity contribution in [1.29, 1.82) is 0 Å². The highest BCUT2D eigenvalue weighted by Crippen LogP contribution is 2.38. The first kappa shape index (κ1) is 13.4. The minimum atomic E-state index is -0.767. The highest BCUT2D eigenvalue weighted by atomic mass is 19.1. The quantitative estimate of drug-likeness (QED) is 0.883. The molecule has 0 saturated carbocycles. The molecule has 5 heteroatoms. The lowest BCUT2D eigenvalue weighted by atomic mass is 9.87. The summed E-state index contributed by atoms with van der Waals surface area (Å²) in [6.07, 6.45) is 2.73. The average molecular weight is 277 g/mol. The number of aryl methyl sites for hydroxylation is 1. The number of hydrogen-bond acceptors (Lipinski definition) is 3. The number of amides is 1. The molecule has 20 heavy (non-hydrogen) atoms. The SMILES string of the molecule is Cc1cc(F)cc(NC2(C(N)=O)CCN3CCCC32)c1. The van der Waals surface area contributed by atoms with Crippen molar-refractivity contribution in [3.63, 3.8) is 0 Å². The van der Waals surface area contributed by atoms with Gasteiger partial charge in [-0.2, -0.15) is 0 Å². The molecule has 108 valence electrons. The second-order valence-electron chi connectivity index (χ2n) is 5.92. The van der Waals surface area contributed by atoms with E-state index in [2.05, 4.69) is 10.2 Å². The van der Waals surface area contributed by atoms with Gasteiger partial charge in [0.25, 0.3) is 0 Å². The van der Waals surface area contributed by atoms with Gasteiger partial charge in [-0.1, -0.05) is 0 Å². The average Bonchev–Trinajstić information content (AvgIpc) is 2.91. The van der Waals surface area contributed by atoms with E-state index in [1.165, 1.54) is 12.1 Å². The molecule has 3 rings (SSSR count). The molecule has 2 saturated heterocycles. The number of nitrogens with one attached hydrogen (secondary N) is 1. The lowest BCUT2D eigenvalue weighted by Gasteiger charge is -2.34. The molecule has 2 aliphatic heterocycles. The van der Waals surface area contributed by atoms with Crippen LogP contribution in [-0.2, 0) is 4.79 Å². The van der Waals surface area contributed by atoms with Crippen LogP contribution in [0.2, 0.25) is 0 Å². The molecule has 1 aromatic carbocycles. The third-order valence-electron chi connectivity index (χ3n) is 4.58. The number of carbonyl (C=O) groups is 1. The Kier molecular flexibility index (Phi) is 3.17. The normalized spacial score (nSPS) is 29.4. The highest BCUT2D eigenvalue weighted by Gasteiger charge is 2.53. The van der Waals surface area contributed by atoms with Crippen molar-refractivity contribution in [2.24, 2.45) is 5.73 Å². The van der Waals surface area contributed by atoms with E-state index in [1.54, 1.807) is 0 Å². The number of nitrogens with two attached hydrogens (primary N) is 1. The van der Waals surface area contributed by atoms with Crippen LogP contribution in [0.15, 0.2) is 18.2 Å². The van der Waals surface area contributed by atoms with Gasteiger partial charge >= 0.3 is 0 Å². The van der Waals surface area contributed by atoms with Crippen molar-refractivity contribution in [2.75, 3.05) is 18.4 Å². The van der Waals surface area contributed by atoms with Gasteiger partial charge in [0.2, 0.25) is 5.91 Å². The zero-order valence-electron chi connectivity index (χ0n) is 11.7. The van der Waals surface area contributed by atoms with Crippen molar-refractivity contribution in [3.05, 3.63) is 29.6 Å². The van der Waals surface area contributed by atoms with Crippen molar-refractivity contribution in [2.45, 2.75) is 37.8 Å². The third kappa shape index (κ3) is 2.06. The van der Waals surface area contributed by atoms with Crippen LogP contribution in [0, 0.1) is 12.7 Å². The summed E-state index contributed by atoms with van der Waals surface area (Å²) in [5, 5.41) is 3.25. The van der Waals surface area contributed by atoms with Crippen LogP contribution in [0.3, 0.4) is 0 Å². The monoisotopic (exact) mass is 277 g/mol. The van der Waals surface area contributed by atoms with Crippen LogP contribution in [0.1, 0.15) is 24.8 Å². The number of fused-ring (bicyclic) bond motifs is 1. The maximum Gasteiger partial charge on any atom is 0.244 e. The van der Waals surface area contributed by atoms with Gasteiger partial charge in [-0.25, -0.2) is 4.39 Å². The smallest absolute Gasteiger partial charge is 0.244 e. The Labute approximate surface area is 118 Å². The van der Waals surface area contributed by atoms with Gasteiger partial charge in [-0.05, 0) is 56.5 Å². The molecule has 0 aromatic heterocycles. The lowest BCUT2D eigenvalue weighted by molar-refractivity contribution is -0.122. The summed E-state index contributed by atoms with van der Waals surface area (Å²) in [4.78, 5) is 14.4. The summed E-state index contributed by atoms with van der Waals surface area (Å²) in [5.74, 6) is -0.637. The summed E-state index contributed by atoms with van der Waals surface area (Å²) in [6.45, 7) is 3.72. The summed E-state index contributed by atoms with van der Waals surface area (Å²) in [7, 11) is 0. The lowest BCUT2D eigenvalue weighted by Crippen LogP contribution is -2.57. The van der Waals surface area contributed by atoms with E-state index >= 15 is 0 Å². The van der Waals surface area contributed by atoms with Crippen molar-refractivity contribution in [3.8, 4) is 0 Å². The Bertz CT molecular complexity index is 528. The molecular weight excluding hydrogens is 257 g/mol. The molecule has 2 atom stereocenters. The molecule has 1 aromatic rings. The molecule has 3 N–H and O–H groups in total. The van der Waals surface area contributed by atoms with E-state index in [-0.39, 0.29) is 17.8 Å². The van der Waals surface area contributed by atoms with Crippen LogP contribution < -0.4 is 11.1 Å². The molecule has 2 unspecified atom stereocenters. The molecule has 0 spiro atoms. The molecular formula is C15H20FN3O. The van der Waals surface area contributed by atoms with Gasteiger partial charge in [-0.3, -0.25) is 9.69 Å². The van der Waals surface area contributed by atoms with Gasteiger partial charge in [0.05, 0.1) is 0 Å². The zero-order chi connectivity index (χ0) is 14.3. The molecule has 0 radical (unpaired) electrons. The summed E-state index contributed by atoms with van der Waals surface area (Å²) in [6, 6.07) is 4.88. The van der Waals surface area contributed by atoms with Gasteiger partial charge in [0.1, 0.15) is 11.4 Å². The standard InChI is InChI=1S/C15H20FN3O/c1-10-7-11(16)9-12(8-10)18-15(14(17)20)4-6-19-5-2-3-13(15)19/h7-9,13,18H,2-6H2,1H3,(H2,17,20). The summed E-state index contributed by atoms with van der Waals surface area (Å²) < 4.78 is 13.5. The Morgan fingerprint density at radius 3 is 2.95 bits per heavy atom. The number of halogens is 1. The van der Waals surface area contributed by atoms with Gasteiger partial charge in [-0.15, -0.1) is 0 Å². The highest BCUT2D eigenvalue weighted by molar-refractivity contribution is 5.89. The molecule has 2 aliphatic rings. The number of rotatable bonds is 3. The predicted molar refractivity (Wildman–Crippen MR) is 75.9 cm³/mol. The Morgan fingerprint density at radius 2 is 2.25 bits per heavy atom. The fourth-order valence-corrected chi connectivity index (χ4v) is 3.70. The van der Waals surface area contributed by atoms with Gasteiger partial charge < -0.3 is 11.1 Å². The topological polar surface area (TPSA) is 58.4 Å². The number of hydrogen-bond donors (Lipinski definition) is 2. The van der Waals surface area contributed by atoms with E-state index in [4.69, 9.17) is 5.73 Å². The van der Waals surface area contributed by atoms with E-state index in [0.29, 0.717) is 12.1 Å². The molecule has 0 aliphatic carbocycles. The number of primary amides is 1. The Balaban J connectivity index is 1.94. The number of benzene rings is 1. The fourth-order valence-electron chi connectivity index (χ4n) is 3.70. The van der Waals surface area contributed by atoms with Gasteiger partial charge in [0, 0.05) is 18.3 Å². The number of carbonyl (C=O) groups excluding carboxylic acids is 1. The first-order valence-corrected chi connectivity index (χ1v) is 7.10. The number of anilines is 1. The first-order chi connectivity index (χ1) is 9.51. The summed E-state index contributed by atoms with van der Waals surface area (Å²) >= 11 is 0. The van der Waals surface area contributed by atoms with Crippen molar-refractivity contribution < 1.29 is 9.18 Å². The van der Waals surface area contributed by atoms with Crippen LogP contribution >= 0.6 is 0 Å². The minimum absolute atomic E-state index is 0.128. The van der Waals surface area contributed by atoms with E-state index in [1.807, 2.05) is 13.0 Å². The predicted octanol–water partition coefficient (Wildman–Crippen LogP) is 1.64. The molecule has 4 nitrogen and oxygen atoms in total. The van der Waals surface area contributed by atoms with Crippen LogP contribution in [-0.4, -0.2) is 35.5 Å². The second-order valence-corrected chi connectivity index (χ2v) is 5.92. The Hall–Kier alpha value is -1.62. The van der Waals surface area contributed by atoms with Crippen LogP contribution in [0.25, 0.3) is 0 Å². The number of nitrogens with zero attached hydrogens (tertiary/aromatic N) is 1. The van der Waals surface area contributed by atoms with Crippen molar-refractivity contribution in [1.82, 2.24) is 4.90 Å². The van der Waals surface area contributed by atoms with Crippen LogP contribution in [0.5, 0.6) is 0 Å². The van der Waals surface area contributed by atoms with E-state index in [9.17, 15) is 9.18 Å².